The lowest BCUT2D eigenvalue weighted by Gasteiger charge is -2.57. The van der Waals surface area contributed by atoms with Crippen molar-refractivity contribution in [2.45, 2.75) is 91.3 Å². The maximum absolute atomic E-state index is 4.06. The second kappa shape index (κ2) is 7.17. The molecule has 0 unspecified atom stereocenters. The van der Waals surface area contributed by atoms with Crippen LogP contribution < -0.4 is 0 Å². The molecule has 1 aromatic carbocycles. The molecule has 0 radical (unpaired) electrons. The highest BCUT2D eigenvalue weighted by molar-refractivity contribution is 6.93. The van der Waals surface area contributed by atoms with E-state index in [9.17, 15) is 0 Å². The minimum atomic E-state index is -1.62. The van der Waals surface area contributed by atoms with Crippen molar-refractivity contribution >= 4 is 22.0 Å². The van der Waals surface area contributed by atoms with Gasteiger partial charge in [-0.2, -0.15) is 0 Å². The second-order valence-electron chi connectivity index (χ2n) is 10.7. The number of rotatable bonds is 5. The molecule has 0 fully saturated rings. The van der Waals surface area contributed by atoms with Gasteiger partial charge in [-0.1, -0.05) is 104 Å². The Morgan fingerprint density at radius 1 is 0.840 bits per heavy atom. The van der Waals surface area contributed by atoms with Crippen molar-refractivity contribution in [3.8, 4) is 0 Å². The summed E-state index contributed by atoms with van der Waals surface area (Å²) < 4.78 is 2.98. The van der Waals surface area contributed by atoms with E-state index in [1.54, 1.807) is 0 Å². The van der Waals surface area contributed by atoms with Crippen LogP contribution in [0.15, 0.2) is 30.8 Å². The van der Waals surface area contributed by atoms with E-state index in [1.807, 2.05) is 0 Å². The van der Waals surface area contributed by atoms with Gasteiger partial charge >= 0.3 is 0 Å². The standard InChI is InChI=1S/C22H41NSi2/c1-18(2)20-15-13-19(14-16-20)17-23(24(9,10)21(3,4)5)25(11,12)22(6,7)8/h13-16H,1,17H2,2-12H3. The normalized spacial score (nSPS) is 14.1. The Labute approximate surface area is 159 Å². The van der Waals surface area contributed by atoms with Crippen LogP contribution in [0.1, 0.15) is 59.6 Å². The molecular formula is C22H41NSi2. The van der Waals surface area contributed by atoms with Crippen molar-refractivity contribution < 1.29 is 0 Å². The first-order chi connectivity index (χ1) is 11.0. The van der Waals surface area contributed by atoms with Gasteiger partial charge in [0.15, 0.2) is 0 Å². The van der Waals surface area contributed by atoms with Gasteiger partial charge in [0.25, 0.3) is 0 Å². The lowest BCUT2D eigenvalue weighted by molar-refractivity contribution is 0.508. The zero-order valence-corrected chi connectivity index (χ0v) is 20.7. The van der Waals surface area contributed by atoms with E-state index in [1.165, 1.54) is 11.1 Å². The summed E-state index contributed by atoms with van der Waals surface area (Å²) in [6.45, 7) is 32.1. The molecule has 0 heterocycles. The summed E-state index contributed by atoms with van der Waals surface area (Å²) in [4.78, 5) is 0. The zero-order valence-electron chi connectivity index (χ0n) is 18.7. The van der Waals surface area contributed by atoms with Crippen molar-refractivity contribution in [2.75, 3.05) is 0 Å². The van der Waals surface area contributed by atoms with Crippen molar-refractivity contribution in [2.24, 2.45) is 0 Å². The van der Waals surface area contributed by atoms with Crippen LogP contribution in [0.4, 0.5) is 0 Å². The van der Waals surface area contributed by atoms with Gasteiger partial charge in [0.2, 0.25) is 0 Å². The molecule has 0 atom stereocenters. The van der Waals surface area contributed by atoms with Crippen molar-refractivity contribution in [3.05, 3.63) is 42.0 Å². The minimum Gasteiger partial charge on any atom is -0.341 e. The molecule has 0 aliphatic rings. The molecule has 3 heteroatoms. The van der Waals surface area contributed by atoms with Crippen LogP contribution >= 0.6 is 0 Å². The van der Waals surface area contributed by atoms with E-state index in [4.69, 9.17) is 0 Å². The zero-order chi connectivity index (χ0) is 19.8. The summed E-state index contributed by atoms with van der Waals surface area (Å²) in [5, 5.41) is 0.695. The van der Waals surface area contributed by atoms with Gasteiger partial charge in [-0.25, -0.2) is 0 Å². The van der Waals surface area contributed by atoms with Crippen LogP contribution in [0.2, 0.25) is 36.3 Å². The van der Waals surface area contributed by atoms with Gasteiger partial charge in [0.05, 0.1) is 0 Å². The number of hydrogen-bond acceptors (Lipinski definition) is 1. The van der Waals surface area contributed by atoms with Gasteiger partial charge in [-0.05, 0) is 28.1 Å². The third kappa shape index (κ3) is 4.75. The third-order valence-corrected chi connectivity index (χ3v) is 20.5. The van der Waals surface area contributed by atoms with Gasteiger partial charge in [-0.15, -0.1) is 0 Å². The van der Waals surface area contributed by atoms with E-state index in [0.29, 0.717) is 10.1 Å². The molecule has 25 heavy (non-hydrogen) atoms. The van der Waals surface area contributed by atoms with Crippen molar-refractivity contribution in [3.63, 3.8) is 0 Å². The Morgan fingerprint density at radius 3 is 1.48 bits per heavy atom. The van der Waals surface area contributed by atoms with E-state index >= 15 is 0 Å². The highest BCUT2D eigenvalue weighted by Gasteiger charge is 2.51. The molecule has 1 aromatic rings. The first kappa shape index (κ1) is 22.4. The fraction of sp³-hybridized carbons (Fsp3) is 0.636. The summed E-state index contributed by atoms with van der Waals surface area (Å²) in [7, 11) is -3.24. The molecule has 0 bridgehead atoms. The Bertz CT molecular complexity index is 572. The summed E-state index contributed by atoms with van der Waals surface area (Å²) >= 11 is 0. The average Bonchev–Trinajstić information content (AvgIpc) is 2.42. The third-order valence-electron chi connectivity index (χ3n) is 6.81. The highest BCUT2D eigenvalue weighted by Crippen LogP contribution is 2.47. The summed E-state index contributed by atoms with van der Waals surface area (Å²) in [6, 6.07) is 9.06. The first-order valence-electron chi connectivity index (χ1n) is 9.54. The Hall–Kier alpha value is -0.646. The Kier molecular flexibility index (Phi) is 6.42. The average molecular weight is 376 g/mol. The van der Waals surface area contributed by atoms with Crippen LogP contribution in [-0.2, 0) is 6.54 Å². The molecule has 142 valence electrons. The molecule has 0 aliphatic heterocycles. The van der Waals surface area contributed by atoms with Gasteiger partial charge < -0.3 is 4.23 Å². The summed E-state index contributed by atoms with van der Waals surface area (Å²) in [5.74, 6) is 0. The van der Waals surface area contributed by atoms with E-state index < -0.39 is 16.5 Å². The molecule has 0 amide bonds. The topological polar surface area (TPSA) is 3.24 Å². The fourth-order valence-electron chi connectivity index (χ4n) is 2.98. The van der Waals surface area contributed by atoms with Crippen molar-refractivity contribution in [1.29, 1.82) is 0 Å². The summed E-state index contributed by atoms with van der Waals surface area (Å²) in [5.41, 5.74) is 3.81. The highest BCUT2D eigenvalue weighted by atomic mass is 28.4. The van der Waals surface area contributed by atoms with E-state index in [2.05, 4.69) is 110 Å². The minimum absolute atomic E-state index is 0.347. The van der Waals surface area contributed by atoms with E-state index in [-0.39, 0.29) is 0 Å². The lowest BCUT2D eigenvalue weighted by atomic mass is 10.1. The fourth-order valence-corrected chi connectivity index (χ4v) is 13.4. The van der Waals surface area contributed by atoms with Gasteiger partial charge in [0.1, 0.15) is 16.5 Å². The number of hydrogen-bond donors (Lipinski definition) is 0. The molecule has 0 N–H and O–H groups in total. The molecule has 1 nitrogen and oxygen atoms in total. The number of allylic oxidation sites excluding steroid dienone is 1. The second-order valence-corrected chi connectivity index (χ2v) is 21.4. The van der Waals surface area contributed by atoms with Crippen LogP contribution in [0.5, 0.6) is 0 Å². The monoisotopic (exact) mass is 375 g/mol. The quantitative estimate of drug-likeness (QED) is 0.481. The van der Waals surface area contributed by atoms with Crippen LogP contribution in [0, 0.1) is 0 Å². The molecule has 0 saturated heterocycles. The van der Waals surface area contributed by atoms with Crippen LogP contribution in [0.3, 0.4) is 0 Å². The van der Waals surface area contributed by atoms with Crippen molar-refractivity contribution in [1.82, 2.24) is 4.23 Å². The molecule has 0 aliphatic carbocycles. The predicted octanol–water partition coefficient (Wildman–Crippen LogP) is 7.53. The molecular weight excluding hydrogens is 334 g/mol. The lowest BCUT2D eigenvalue weighted by Crippen LogP contribution is -2.67. The molecule has 0 aromatic heterocycles. The van der Waals surface area contributed by atoms with Crippen LogP contribution in [-0.4, -0.2) is 20.7 Å². The number of benzene rings is 1. The maximum atomic E-state index is 4.06. The summed E-state index contributed by atoms with van der Waals surface area (Å²) in [6.07, 6.45) is 0. The Balaban J connectivity index is 3.35. The molecule has 1 rings (SSSR count). The number of nitrogens with zero attached hydrogens (tertiary/aromatic N) is 1. The Morgan fingerprint density at radius 2 is 1.20 bits per heavy atom. The largest absolute Gasteiger partial charge is 0.341 e. The molecule has 0 saturated carbocycles. The van der Waals surface area contributed by atoms with Gasteiger partial charge in [-0.3, -0.25) is 0 Å². The predicted molar refractivity (Wildman–Crippen MR) is 121 cm³/mol. The van der Waals surface area contributed by atoms with Crippen LogP contribution in [0.25, 0.3) is 5.57 Å². The SMILES string of the molecule is C=C(C)c1ccc(CN([Si](C)(C)C(C)(C)C)[Si](C)(C)C(C)(C)C)cc1. The van der Waals surface area contributed by atoms with E-state index in [0.717, 1.165) is 12.1 Å². The maximum Gasteiger partial charge on any atom is 0.121 e. The first-order valence-corrected chi connectivity index (χ1v) is 15.4. The molecule has 0 spiro atoms. The van der Waals surface area contributed by atoms with Gasteiger partial charge in [0, 0.05) is 6.54 Å². The smallest absolute Gasteiger partial charge is 0.121 e.